The predicted molar refractivity (Wildman–Crippen MR) is 103 cm³/mol. The first kappa shape index (κ1) is 17.4. The van der Waals surface area contributed by atoms with Crippen molar-refractivity contribution in [1.29, 1.82) is 0 Å². The zero-order valence-corrected chi connectivity index (χ0v) is 15.5. The third kappa shape index (κ3) is 3.17. The zero-order valence-electron chi connectivity index (χ0n) is 15.5. The Hall–Kier alpha value is -2.74. The van der Waals surface area contributed by atoms with Crippen LogP contribution in [0.5, 0.6) is 0 Å². The van der Waals surface area contributed by atoms with E-state index in [2.05, 4.69) is 19.8 Å². The number of oxazole rings is 1. The summed E-state index contributed by atoms with van der Waals surface area (Å²) in [5.41, 5.74) is 1.52. The minimum Gasteiger partial charge on any atom is -0.408 e. The Morgan fingerprint density at radius 1 is 1.11 bits per heavy atom. The van der Waals surface area contributed by atoms with E-state index in [-0.39, 0.29) is 5.76 Å². The maximum Gasteiger partial charge on any atom is 0.419 e. The van der Waals surface area contributed by atoms with Gasteiger partial charge in [0.2, 0.25) is 5.95 Å². The second kappa shape index (κ2) is 7.01. The van der Waals surface area contributed by atoms with Crippen molar-refractivity contribution in [3.63, 3.8) is 0 Å². The van der Waals surface area contributed by atoms with E-state index in [1.807, 2.05) is 24.3 Å². The maximum atomic E-state index is 13.1. The van der Waals surface area contributed by atoms with Gasteiger partial charge in [-0.05, 0) is 30.9 Å². The molecule has 4 heterocycles. The fraction of sp³-hybridized carbons (Fsp3) is 0.450. The molecule has 0 saturated carbocycles. The molecule has 0 bridgehead atoms. The van der Waals surface area contributed by atoms with Crippen molar-refractivity contribution in [3.8, 4) is 0 Å². The minimum absolute atomic E-state index is 0.276. The number of aromatic nitrogens is 3. The van der Waals surface area contributed by atoms with Gasteiger partial charge in [0.25, 0.3) is 0 Å². The summed E-state index contributed by atoms with van der Waals surface area (Å²) < 4.78 is 20.2. The highest BCUT2D eigenvalue weighted by Gasteiger charge is 2.34. The Morgan fingerprint density at radius 2 is 1.93 bits per heavy atom. The highest BCUT2D eigenvalue weighted by Crippen LogP contribution is 2.28. The van der Waals surface area contributed by atoms with E-state index < -0.39 is 5.82 Å². The Morgan fingerprint density at radius 3 is 2.79 bits per heavy atom. The first-order chi connectivity index (χ1) is 13.7. The molecule has 0 unspecified atom stereocenters. The molecular weight excluding hydrogens is 361 g/mol. The van der Waals surface area contributed by atoms with Crippen LogP contribution in [0.15, 0.2) is 45.9 Å². The summed E-state index contributed by atoms with van der Waals surface area (Å²) in [6.45, 7) is 4.25. The molecule has 146 valence electrons. The zero-order chi connectivity index (χ0) is 19.1. The predicted octanol–water partition coefficient (Wildman–Crippen LogP) is 2.12. The number of halogens is 1. The normalized spacial score (nSPS) is 23.1. The molecule has 28 heavy (non-hydrogen) atoms. The first-order valence-corrected chi connectivity index (χ1v) is 9.72. The number of hydrogen-bond acceptors (Lipinski definition) is 6. The fourth-order valence-electron chi connectivity index (χ4n) is 4.50. The van der Waals surface area contributed by atoms with Crippen LogP contribution in [-0.2, 0) is 6.54 Å². The molecule has 3 aromatic rings. The highest BCUT2D eigenvalue weighted by molar-refractivity contribution is 5.72. The summed E-state index contributed by atoms with van der Waals surface area (Å²) in [5.74, 6) is 0.328. The summed E-state index contributed by atoms with van der Waals surface area (Å²) >= 11 is 0. The van der Waals surface area contributed by atoms with Gasteiger partial charge >= 0.3 is 5.76 Å². The van der Waals surface area contributed by atoms with Gasteiger partial charge in [0.15, 0.2) is 11.4 Å². The molecule has 2 aliphatic heterocycles. The molecule has 0 aliphatic carbocycles. The Labute approximate surface area is 161 Å². The van der Waals surface area contributed by atoms with E-state index >= 15 is 0 Å². The van der Waals surface area contributed by atoms with E-state index in [1.54, 1.807) is 4.57 Å². The van der Waals surface area contributed by atoms with Crippen molar-refractivity contribution in [2.75, 3.05) is 31.1 Å². The molecule has 2 saturated heterocycles. The summed E-state index contributed by atoms with van der Waals surface area (Å²) in [6, 6.07) is 8.03. The van der Waals surface area contributed by atoms with Crippen molar-refractivity contribution >= 4 is 17.0 Å². The van der Waals surface area contributed by atoms with Crippen LogP contribution in [0.3, 0.4) is 0 Å². The molecule has 8 heteroatoms. The SMILES string of the molecule is O=c1oc2ccccc2n1C[C@@H]1CC[C@H]2CN(c3ncc(F)cn3)CCN2C1. The molecule has 2 fully saturated rings. The van der Waals surface area contributed by atoms with Crippen molar-refractivity contribution < 1.29 is 8.81 Å². The van der Waals surface area contributed by atoms with Gasteiger partial charge in [-0.15, -0.1) is 0 Å². The average molecular weight is 383 g/mol. The number of piperidine rings is 1. The number of benzene rings is 1. The molecule has 2 aromatic heterocycles. The van der Waals surface area contributed by atoms with Crippen LogP contribution in [0.1, 0.15) is 12.8 Å². The van der Waals surface area contributed by atoms with E-state index in [1.165, 1.54) is 12.4 Å². The number of para-hydroxylation sites is 2. The third-order valence-electron chi connectivity index (χ3n) is 5.91. The second-order valence-electron chi connectivity index (χ2n) is 7.69. The van der Waals surface area contributed by atoms with Gasteiger partial charge in [-0.2, -0.15) is 0 Å². The number of nitrogens with zero attached hydrogens (tertiary/aromatic N) is 5. The largest absolute Gasteiger partial charge is 0.419 e. The molecule has 1 aromatic carbocycles. The summed E-state index contributed by atoms with van der Waals surface area (Å²) in [5, 5.41) is 0. The van der Waals surface area contributed by atoms with Gasteiger partial charge < -0.3 is 9.32 Å². The van der Waals surface area contributed by atoms with Crippen LogP contribution in [-0.4, -0.2) is 51.7 Å². The van der Waals surface area contributed by atoms with Gasteiger partial charge in [-0.25, -0.2) is 19.2 Å². The van der Waals surface area contributed by atoms with E-state index in [0.29, 0.717) is 30.0 Å². The van der Waals surface area contributed by atoms with Gasteiger partial charge in [0.1, 0.15) is 0 Å². The van der Waals surface area contributed by atoms with Crippen LogP contribution in [0.2, 0.25) is 0 Å². The Kier molecular flexibility index (Phi) is 4.35. The standard InChI is InChI=1S/C20H22FN5O2/c21-15-9-22-19(23-10-15)25-8-7-24-11-14(5-6-16(24)13-25)12-26-17-3-1-2-4-18(17)28-20(26)27/h1-4,9-10,14,16H,5-8,11-13H2/t14-,16+/m1/s1. The quantitative estimate of drug-likeness (QED) is 0.690. The Bertz CT molecular complexity index is 1030. The Balaban J connectivity index is 1.26. The number of hydrogen-bond donors (Lipinski definition) is 0. The number of fused-ring (bicyclic) bond motifs is 2. The summed E-state index contributed by atoms with van der Waals surface area (Å²) in [7, 11) is 0. The number of anilines is 1. The maximum absolute atomic E-state index is 13.1. The van der Waals surface area contributed by atoms with Crippen molar-refractivity contribution in [2.24, 2.45) is 5.92 Å². The molecule has 5 rings (SSSR count). The molecule has 2 aliphatic rings. The molecule has 0 spiro atoms. The second-order valence-corrected chi connectivity index (χ2v) is 7.69. The lowest BCUT2D eigenvalue weighted by Gasteiger charge is -2.46. The topological polar surface area (TPSA) is 67.4 Å². The van der Waals surface area contributed by atoms with Crippen molar-refractivity contribution in [2.45, 2.75) is 25.4 Å². The molecular formula is C20H22FN5O2. The van der Waals surface area contributed by atoms with Crippen LogP contribution in [0.4, 0.5) is 10.3 Å². The number of piperazine rings is 1. The molecule has 7 nitrogen and oxygen atoms in total. The van der Waals surface area contributed by atoms with Gasteiger partial charge in [-0.1, -0.05) is 12.1 Å². The minimum atomic E-state index is -0.412. The molecule has 0 amide bonds. The number of rotatable bonds is 3. The average Bonchev–Trinajstić information content (AvgIpc) is 3.03. The van der Waals surface area contributed by atoms with E-state index in [0.717, 1.165) is 44.5 Å². The third-order valence-corrected chi connectivity index (χ3v) is 5.91. The molecule has 0 radical (unpaired) electrons. The monoisotopic (exact) mass is 383 g/mol. The van der Waals surface area contributed by atoms with Crippen LogP contribution < -0.4 is 10.7 Å². The van der Waals surface area contributed by atoms with Crippen LogP contribution in [0, 0.1) is 11.7 Å². The van der Waals surface area contributed by atoms with Crippen LogP contribution in [0.25, 0.3) is 11.1 Å². The smallest absolute Gasteiger partial charge is 0.408 e. The molecule has 2 atom stereocenters. The van der Waals surface area contributed by atoms with Gasteiger partial charge in [0, 0.05) is 38.8 Å². The summed E-state index contributed by atoms with van der Waals surface area (Å²) in [6.07, 6.45) is 4.56. The van der Waals surface area contributed by atoms with E-state index in [9.17, 15) is 9.18 Å². The van der Waals surface area contributed by atoms with E-state index in [4.69, 9.17) is 4.42 Å². The molecule has 0 N–H and O–H groups in total. The fourth-order valence-corrected chi connectivity index (χ4v) is 4.50. The first-order valence-electron chi connectivity index (χ1n) is 9.72. The van der Waals surface area contributed by atoms with Gasteiger partial charge in [0.05, 0.1) is 17.9 Å². The highest BCUT2D eigenvalue weighted by atomic mass is 19.1. The van der Waals surface area contributed by atoms with Crippen molar-refractivity contribution in [3.05, 3.63) is 53.0 Å². The van der Waals surface area contributed by atoms with Crippen LogP contribution >= 0.6 is 0 Å². The lowest BCUT2D eigenvalue weighted by atomic mass is 9.91. The lowest BCUT2D eigenvalue weighted by molar-refractivity contribution is 0.0880. The summed E-state index contributed by atoms with van der Waals surface area (Å²) in [4.78, 5) is 25.1. The van der Waals surface area contributed by atoms with Gasteiger partial charge in [-0.3, -0.25) is 9.47 Å². The lowest BCUT2D eigenvalue weighted by Crippen LogP contribution is -2.57. The van der Waals surface area contributed by atoms with Crippen molar-refractivity contribution in [1.82, 2.24) is 19.4 Å².